The number of nitrogens with one attached hydrogen (secondary N) is 1. The molecule has 1 heterocycles. The molecule has 0 unspecified atom stereocenters. The van der Waals surface area contributed by atoms with Crippen molar-refractivity contribution < 1.29 is 23.4 Å². The van der Waals surface area contributed by atoms with Crippen molar-refractivity contribution in [3.05, 3.63) is 23.3 Å². The zero-order valence-electron chi connectivity index (χ0n) is 22.1. The van der Waals surface area contributed by atoms with Gasteiger partial charge in [0.15, 0.2) is 0 Å². The summed E-state index contributed by atoms with van der Waals surface area (Å²) in [5.41, 5.74) is 1.40. The molecule has 2 aliphatic carbocycles. The van der Waals surface area contributed by atoms with Gasteiger partial charge in [0.2, 0.25) is 5.91 Å². The zero-order chi connectivity index (χ0) is 25.6. The molecule has 4 rings (SSSR count). The summed E-state index contributed by atoms with van der Waals surface area (Å²) in [5.74, 6) is -1.84. The second-order valence-corrected chi connectivity index (χ2v) is 12.5. The van der Waals surface area contributed by atoms with E-state index in [4.69, 9.17) is 4.74 Å². The minimum Gasteiger partial charge on any atom is -0.508 e. The molecule has 1 aromatic carbocycles. The molecule has 6 heteroatoms. The van der Waals surface area contributed by atoms with Gasteiger partial charge in [-0.2, -0.15) is 0 Å². The fraction of sp³-hybridized carbons (Fsp3) is 0.759. The Hall–Kier alpha value is -1.85. The van der Waals surface area contributed by atoms with Gasteiger partial charge < -0.3 is 15.2 Å². The van der Waals surface area contributed by atoms with Gasteiger partial charge in [0.25, 0.3) is 5.92 Å². The molecule has 0 radical (unpaired) electrons. The molecule has 0 spiro atoms. The number of phenols is 1. The Labute approximate surface area is 209 Å². The van der Waals surface area contributed by atoms with Crippen molar-refractivity contribution in [2.45, 2.75) is 128 Å². The van der Waals surface area contributed by atoms with Gasteiger partial charge in [-0.05, 0) is 68.6 Å². The first-order valence-corrected chi connectivity index (χ1v) is 13.6. The van der Waals surface area contributed by atoms with Gasteiger partial charge in [-0.3, -0.25) is 4.79 Å². The quantitative estimate of drug-likeness (QED) is 0.377. The Balaban J connectivity index is 1.54. The molecule has 0 saturated heterocycles. The minimum atomic E-state index is -2.65. The molecule has 4 nitrogen and oxygen atoms in total. The molecule has 35 heavy (non-hydrogen) atoms. The highest BCUT2D eigenvalue weighted by Gasteiger charge is 2.50. The van der Waals surface area contributed by atoms with Crippen LogP contribution in [-0.2, 0) is 10.2 Å². The van der Waals surface area contributed by atoms with Crippen LogP contribution in [0.2, 0.25) is 0 Å². The molecule has 1 aromatic rings. The number of phenolic OH excluding ortho intramolecular Hbond substituents is 1. The van der Waals surface area contributed by atoms with E-state index in [2.05, 4.69) is 46.0 Å². The number of carbonyl (C=O) groups is 1. The van der Waals surface area contributed by atoms with Crippen LogP contribution in [0.4, 0.5) is 8.78 Å². The van der Waals surface area contributed by atoms with Gasteiger partial charge >= 0.3 is 0 Å². The van der Waals surface area contributed by atoms with Crippen LogP contribution < -0.4 is 10.1 Å². The lowest BCUT2D eigenvalue weighted by Crippen LogP contribution is -2.53. The van der Waals surface area contributed by atoms with Gasteiger partial charge in [-0.1, -0.05) is 46.5 Å². The number of unbranched alkanes of at least 4 members (excludes halogenated alkanes) is 3. The second-order valence-electron chi connectivity index (χ2n) is 12.5. The highest BCUT2D eigenvalue weighted by molar-refractivity contribution is 5.79. The van der Waals surface area contributed by atoms with Crippen LogP contribution in [0.25, 0.3) is 0 Å². The van der Waals surface area contributed by atoms with Crippen molar-refractivity contribution in [3.8, 4) is 11.5 Å². The van der Waals surface area contributed by atoms with Crippen LogP contribution in [0.5, 0.6) is 11.5 Å². The number of benzene rings is 1. The van der Waals surface area contributed by atoms with E-state index in [-0.39, 0.29) is 47.7 Å². The first kappa shape index (κ1) is 26.2. The number of halogens is 2. The molecule has 1 aliphatic heterocycles. The van der Waals surface area contributed by atoms with E-state index in [9.17, 15) is 18.7 Å². The molecule has 3 aliphatic rings. The number of amides is 1. The molecule has 0 aromatic heterocycles. The lowest BCUT2D eigenvalue weighted by atomic mass is 9.63. The third-order valence-corrected chi connectivity index (χ3v) is 8.85. The molecular formula is C29H43F2NO3. The van der Waals surface area contributed by atoms with Crippen molar-refractivity contribution in [2.24, 2.45) is 11.8 Å². The van der Waals surface area contributed by atoms with Gasteiger partial charge in [0, 0.05) is 36.3 Å². The van der Waals surface area contributed by atoms with Crippen LogP contribution in [0, 0.1) is 11.8 Å². The normalized spacial score (nSPS) is 27.2. The largest absolute Gasteiger partial charge is 0.508 e. The van der Waals surface area contributed by atoms with Gasteiger partial charge in [0.05, 0.1) is 0 Å². The number of aromatic hydroxyl groups is 1. The lowest BCUT2D eigenvalue weighted by Gasteiger charge is -2.49. The molecule has 2 saturated carbocycles. The van der Waals surface area contributed by atoms with Crippen molar-refractivity contribution >= 4 is 5.91 Å². The number of ether oxygens (including phenoxy) is 1. The average molecular weight is 492 g/mol. The van der Waals surface area contributed by atoms with Crippen LogP contribution in [0.1, 0.15) is 116 Å². The number of carbonyl (C=O) groups excluding carboxylic acids is 1. The lowest BCUT2D eigenvalue weighted by molar-refractivity contribution is -0.135. The summed E-state index contributed by atoms with van der Waals surface area (Å²) in [5, 5.41) is 14.1. The van der Waals surface area contributed by atoms with E-state index in [1.54, 1.807) is 0 Å². The summed E-state index contributed by atoms with van der Waals surface area (Å²) >= 11 is 0. The standard InChI is InChI=1S/C29H43F2NO3/c1-6-7-8-9-12-27(2,3)19-14-23(33)25-21-13-18(26(34)32-20-16-29(30,31)17-20)10-11-22(21)28(4,5)35-24(25)15-19/h14-15,18,20-22,33H,6-13,16-17H2,1-5H3,(H,32,34)/t18-,21+,22+/m0/s1. The first-order valence-electron chi connectivity index (χ1n) is 13.6. The van der Waals surface area contributed by atoms with E-state index in [0.29, 0.717) is 12.8 Å². The zero-order valence-corrected chi connectivity index (χ0v) is 22.1. The molecule has 0 bridgehead atoms. The Bertz CT molecular complexity index is 934. The summed E-state index contributed by atoms with van der Waals surface area (Å²) in [6.45, 7) is 10.9. The van der Waals surface area contributed by atoms with Crippen LogP contribution in [0.15, 0.2) is 12.1 Å². The van der Waals surface area contributed by atoms with Crippen LogP contribution in [0.3, 0.4) is 0 Å². The Morgan fingerprint density at radius 3 is 2.54 bits per heavy atom. The number of rotatable bonds is 8. The molecular weight excluding hydrogens is 448 g/mol. The molecule has 196 valence electrons. The predicted octanol–water partition coefficient (Wildman–Crippen LogP) is 7.23. The first-order chi connectivity index (χ1) is 16.3. The Morgan fingerprint density at radius 2 is 1.89 bits per heavy atom. The summed E-state index contributed by atoms with van der Waals surface area (Å²) in [6.07, 6.45) is 7.45. The van der Waals surface area contributed by atoms with Crippen LogP contribution >= 0.6 is 0 Å². The van der Waals surface area contributed by atoms with Crippen molar-refractivity contribution in [2.75, 3.05) is 0 Å². The highest BCUT2D eigenvalue weighted by Crippen LogP contribution is 2.56. The topological polar surface area (TPSA) is 58.6 Å². The minimum absolute atomic E-state index is 0.00259. The van der Waals surface area contributed by atoms with Crippen molar-refractivity contribution in [1.82, 2.24) is 5.32 Å². The summed E-state index contributed by atoms with van der Waals surface area (Å²) < 4.78 is 33.0. The Kier molecular flexibility index (Phi) is 7.16. The highest BCUT2D eigenvalue weighted by atomic mass is 19.3. The molecule has 2 fully saturated rings. The van der Waals surface area contributed by atoms with Crippen LogP contribution in [-0.4, -0.2) is 28.6 Å². The van der Waals surface area contributed by atoms with E-state index in [1.165, 1.54) is 19.3 Å². The predicted molar refractivity (Wildman–Crippen MR) is 134 cm³/mol. The van der Waals surface area contributed by atoms with Crippen molar-refractivity contribution in [3.63, 3.8) is 0 Å². The number of hydrogen-bond donors (Lipinski definition) is 2. The van der Waals surface area contributed by atoms with E-state index >= 15 is 0 Å². The molecule has 3 atom stereocenters. The number of hydrogen-bond acceptors (Lipinski definition) is 3. The van der Waals surface area contributed by atoms with Gasteiger partial charge in [0.1, 0.15) is 17.1 Å². The number of fused-ring (bicyclic) bond motifs is 3. The molecule has 2 N–H and O–H groups in total. The van der Waals surface area contributed by atoms with Gasteiger partial charge in [-0.25, -0.2) is 8.78 Å². The number of alkyl halides is 2. The third kappa shape index (κ3) is 5.46. The van der Waals surface area contributed by atoms with Gasteiger partial charge in [-0.15, -0.1) is 0 Å². The van der Waals surface area contributed by atoms with E-state index < -0.39 is 17.6 Å². The van der Waals surface area contributed by atoms with Crippen molar-refractivity contribution in [1.29, 1.82) is 0 Å². The molecule has 1 amide bonds. The summed E-state index contributed by atoms with van der Waals surface area (Å²) in [6, 6.07) is 3.58. The maximum absolute atomic E-state index is 13.2. The fourth-order valence-electron chi connectivity index (χ4n) is 6.60. The summed E-state index contributed by atoms with van der Waals surface area (Å²) in [7, 11) is 0. The maximum atomic E-state index is 13.2. The SMILES string of the molecule is CCCCCCC(C)(C)c1cc(O)c2c(c1)OC(C)(C)[C@@H]1CC[C@H](C(=O)NC3CC(F)(F)C3)C[C@@H]21. The Morgan fingerprint density at radius 1 is 1.17 bits per heavy atom. The third-order valence-electron chi connectivity index (χ3n) is 8.85. The monoisotopic (exact) mass is 491 g/mol. The fourth-order valence-corrected chi connectivity index (χ4v) is 6.60. The second kappa shape index (κ2) is 9.55. The average Bonchev–Trinajstić information content (AvgIpc) is 2.74. The van der Waals surface area contributed by atoms with E-state index in [1.807, 2.05) is 6.07 Å². The maximum Gasteiger partial charge on any atom is 0.252 e. The summed E-state index contributed by atoms with van der Waals surface area (Å²) in [4.78, 5) is 12.9. The van der Waals surface area contributed by atoms with E-state index in [0.717, 1.165) is 36.1 Å². The smallest absolute Gasteiger partial charge is 0.252 e.